The van der Waals surface area contributed by atoms with Gasteiger partial charge in [-0.15, -0.1) is 0 Å². The first kappa shape index (κ1) is 18.9. The van der Waals surface area contributed by atoms with Crippen molar-refractivity contribution in [3.63, 3.8) is 0 Å². The first-order valence-electron chi connectivity index (χ1n) is 8.54. The van der Waals surface area contributed by atoms with Crippen LogP contribution in [-0.4, -0.2) is 43.6 Å². The fourth-order valence-electron chi connectivity index (χ4n) is 2.56. The Labute approximate surface area is 147 Å². The lowest BCUT2D eigenvalue weighted by molar-refractivity contribution is -0.144. The smallest absolute Gasteiger partial charge is 0.306 e. The van der Waals surface area contributed by atoms with E-state index in [1.807, 2.05) is 0 Å². The molecule has 0 saturated carbocycles. The molecule has 7 heteroatoms. The fourth-order valence-corrected chi connectivity index (χ4v) is 2.56. The van der Waals surface area contributed by atoms with E-state index in [9.17, 15) is 14.4 Å². The van der Waals surface area contributed by atoms with E-state index in [4.69, 9.17) is 9.47 Å². The quantitative estimate of drug-likeness (QED) is 0.700. The zero-order valence-electron chi connectivity index (χ0n) is 14.4. The number of para-hydroxylation sites is 1. The minimum Gasteiger partial charge on any atom is -0.466 e. The van der Waals surface area contributed by atoms with Gasteiger partial charge in [-0.25, -0.2) is 0 Å². The summed E-state index contributed by atoms with van der Waals surface area (Å²) in [5, 5.41) is 5.51. The van der Waals surface area contributed by atoms with Crippen LogP contribution in [0.25, 0.3) is 0 Å². The molecule has 1 heterocycles. The van der Waals surface area contributed by atoms with E-state index in [1.165, 1.54) is 0 Å². The van der Waals surface area contributed by atoms with E-state index >= 15 is 0 Å². The molecule has 0 bridgehead atoms. The van der Waals surface area contributed by atoms with E-state index in [2.05, 4.69) is 10.6 Å². The molecule has 0 radical (unpaired) electrons. The topological polar surface area (TPSA) is 93.7 Å². The molecular weight excluding hydrogens is 324 g/mol. The van der Waals surface area contributed by atoms with Gasteiger partial charge >= 0.3 is 5.97 Å². The lowest BCUT2D eigenvalue weighted by atomic mass is 10.1. The zero-order valence-corrected chi connectivity index (χ0v) is 14.4. The van der Waals surface area contributed by atoms with Gasteiger partial charge in [0.05, 0.1) is 30.4 Å². The molecule has 2 N–H and O–H groups in total. The van der Waals surface area contributed by atoms with E-state index in [-0.39, 0.29) is 37.4 Å². The van der Waals surface area contributed by atoms with Gasteiger partial charge in [-0.1, -0.05) is 12.1 Å². The summed E-state index contributed by atoms with van der Waals surface area (Å²) in [5.41, 5.74) is 0.797. The van der Waals surface area contributed by atoms with E-state index in [0.29, 0.717) is 17.8 Å². The predicted octanol–water partition coefficient (Wildman–Crippen LogP) is 1.88. The fraction of sp³-hybridized carbons (Fsp3) is 0.500. The second kappa shape index (κ2) is 9.78. The lowest BCUT2D eigenvalue weighted by Crippen LogP contribution is -2.32. The van der Waals surface area contributed by atoms with Gasteiger partial charge in [0.2, 0.25) is 5.91 Å². The number of nitrogens with one attached hydrogen (secondary N) is 2. The molecule has 1 aromatic rings. The Morgan fingerprint density at radius 1 is 1.24 bits per heavy atom. The zero-order chi connectivity index (χ0) is 18.1. The first-order valence-corrected chi connectivity index (χ1v) is 8.54. The molecule has 2 amide bonds. The van der Waals surface area contributed by atoms with Crippen LogP contribution in [0.5, 0.6) is 0 Å². The Hall–Kier alpha value is -2.41. The molecule has 1 aliphatic rings. The van der Waals surface area contributed by atoms with Crippen LogP contribution in [0.15, 0.2) is 24.3 Å². The van der Waals surface area contributed by atoms with Crippen molar-refractivity contribution in [1.29, 1.82) is 0 Å². The second-order valence-electron chi connectivity index (χ2n) is 5.74. The molecular formula is C18H24N2O5. The van der Waals surface area contributed by atoms with Crippen molar-refractivity contribution in [2.75, 3.05) is 25.1 Å². The average Bonchev–Trinajstić information content (AvgIpc) is 3.12. The maximum Gasteiger partial charge on any atom is 0.306 e. The summed E-state index contributed by atoms with van der Waals surface area (Å²) in [6, 6.07) is 6.77. The third kappa shape index (κ3) is 6.19. The van der Waals surface area contributed by atoms with Crippen LogP contribution in [0, 0.1) is 0 Å². The lowest BCUT2D eigenvalue weighted by Gasteiger charge is -2.13. The summed E-state index contributed by atoms with van der Waals surface area (Å²) in [5.74, 6) is -1.02. The van der Waals surface area contributed by atoms with Crippen molar-refractivity contribution in [3.05, 3.63) is 29.8 Å². The van der Waals surface area contributed by atoms with Gasteiger partial charge in [-0.2, -0.15) is 0 Å². The molecule has 25 heavy (non-hydrogen) atoms. The Balaban J connectivity index is 1.89. The van der Waals surface area contributed by atoms with Gasteiger partial charge in [-0.3, -0.25) is 14.4 Å². The highest BCUT2D eigenvalue weighted by Crippen LogP contribution is 2.16. The largest absolute Gasteiger partial charge is 0.466 e. The average molecular weight is 348 g/mol. The molecule has 1 atom stereocenters. The number of carbonyl (C=O) groups excluding carboxylic acids is 3. The molecule has 0 aromatic heterocycles. The highest BCUT2D eigenvalue weighted by Gasteiger charge is 2.18. The van der Waals surface area contributed by atoms with Crippen LogP contribution in [0.4, 0.5) is 5.69 Å². The van der Waals surface area contributed by atoms with Crippen molar-refractivity contribution in [1.82, 2.24) is 5.32 Å². The summed E-state index contributed by atoms with van der Waals surface area (Å²) in [6.07, 6.45) is 2.01. The number of benzene rings is 1. The standard InChI is InChI=1S/C18H24N2O5/c1-2-24-17(22)10-9-16(21)20-15-8-4-3-7-14(15)18(23)19-12-13-6-5-11-25-13/h3-4,7-8,13H,2,5-6,9-12H2,1H3,(H,19,23)(H,20,21). The number of esters is 1. The number of rotatable bonds is 8. The number of anilines is 1. The third-order valence-electron chi connectivity index (χ3n) is 3.82. The van der Waals surface area contributed by atoms with Crippen LogP contribution >= 0.6 is 0 Å². The monoisotopic (exact) mass is 348 g/mol. The summed E-state index contributed by atoms with van der Waals surface area (Å²) in [7, 11) is 0. The molecule has 1 aromatic carbocycles. The predicted molar refractivity (Wildman–Crippen MR) is 92.2 cm³/mol. The van der Waals surface area contributed by atoms with Gasteiger partial charge in [0, 0.05) is 19.6 Å². The van der Waals surface area contributed by atoms with E-state index in [1.54, 1.807) is 31.2 Å². The first-order chi connectivity index (χ1) is 12.1. The van der Waals surface area contributed by atoms with Gasteiger partial charge in [0.25, 0.3) is 5.91 Å². The Morgan fingerprint density at radius 2 is 2.04 bits per heavy atom. The molecule has 7 nitrogen and oxygen atoms in total. The Morgan fingerprint density at radius 3 is 2.76 bits per heavy atom. The van der Waals surface area contributed by atoms with Crippen molar-refractivity contribution in [3.8, 4) is 0 Å². The van der Waals surface area contributed by atoms with Crippen molar-refractivity contribution >= 4 is 23.5 Å². The highest BCUT2D eigenvalue weighted by molar-refractivity contribution is 6.04. The van der Waals surface area contributed by atoms with Crippen molar-refractivity contribution < 1.29 is 23.9 Å². The maximum atomic E-state index is 12.4. The van der Waals surface area contributed by atoms with Gasteiger partial charge in [0.15, 0.2) is 0 Å². The van der Waals surface area contributed by atoms with Crippen LogP contribution in [0.3, 0.4) is 0 Å². The molecule has 2 rings (SSSR count). The van der Waals surface area contributed by atoms with Gasteiger partial charge in [0.1, 0.15) is 0 Å². The van der Waals surface area contributed by atoms with Crippen LogP contribution in [-0.2, 0) is 19.1 Å². The maximum absolute atomic E-state index is 12.4. The Bertz CT molecular complexity index is 611. The van der Waals surface area contributed by atoms with Gasteiger partial charge in [-0.05, 0) is 31.9 Å². The molecule has 0 aliphatic carbocycles. The van der Waals surface area contributed by atoms with Crippen LogP contribution in [0.2, 0.25) is 0 Å². The van der Waals surface area contributed by atoms with Crippen LogP contribution in [0.1, 0.15) is 43.0 Å². The molecule has 1 unspecified atom stereocenters. The molecule has 136 valence electrons. The number of hydrogen-bond acceptors (Lipinski definition) is 5. The highest BCUT2D eigenvalue weighted by atomic mass is 16.5. The van der Waals surface area contributed by atoms with Gasteiger partial charge < -0.3 is 20.1 Å². The van der Waals surface area contributed by atoms with E-state index < -0.39 is 5.97 Å². The van der Waals surface area contributed by atoms with Crippen LogP contribution < -0.4 is 10.6 Å². The minimum absolute atomic E-state index is 0.00466. The van der Waals surface area contributed by atoms with Crippen molar-refractivity contribution in [2.24, 2.45) is 0 Å². The molecule has 1 saturated heterocycles. The summed E-state index contributed by atoms with van der Waals surface area (Å²) < 4.78 is 10.3. The SMILES string of the molecule is CCOC(=O)CCC(=O)Nc1ccccc1C(=O)NCC1CCCO1. The van der Waals surface area contributed by atoms with Crippen molar-refractivity contribution in [2.45, 2.75) is 38.7 Å². The summed E-state index contributed by atoms with van der Waals surface area (Å²) >= 11 is 0. The number of amides is 2. The number of carbonyl (C=O) groups is 3. The third-order valence-corrected chi connectivity index (χ3v) is 3.82. The second-order valence-corrected chi connectivity index (χ2v) is 5.74. The molecule has 1 fully saturated rings. The molecule has 0 spiro atoms. The summed E-state index contributed by atoms with van der Waals surface area (Å²) in [4.78, 5) is 35.7. The van der Waals surface area contributed by atoms with E-state index in [0.717, 1.165) is 19.4 Å². The normalized spacial score (nSPS) is 16.3. The molecule has 1 aliphatic heterocycles. The minimum atomic E-state index is -0.416. The summed E-state index contributed by atoms with van der Waals surface area (Å²) in [6.45, 7) is 3.18. The number of hydrogen-bond donors (Lipinski definition) is 2. The Kier molecular flexibility index (Phi) is 7.40. The number of ether oxygens (including phenoxy) is 2.